The van der Waals surface area contributed by atoms with Gasteiger partial charge < -0.3 is 21.3 Å². The van der Waals surface area contributed by atoms with Crippen LogP contribution in [0.25, 0.3) is 39.4 Å². The number of hydrogen-bond acceptors (Lipinski definition) is 9. The minimum Gasteiger partial charge on any atom is -0.382 e. The number of aryl methyl sites for hydroxylation is 2. The largest absolute Gasteiger partial charge is 0.390 e. The van der Waals surface area contributed by atoms with Crippen molar-refractivity contribution in [1.82, 2.24) is 39.8 Å². The summed E-state index contributed by atoms with van der Waals surface area (Å²) in [4.78, 5) is 46.8. The highest BCUT2D eigenvalue weighted by atomic mass is 19.4. The Hall–Kier alpha value is -8.63. The first kappa shape index (κ1) is 54.2. The van der Waals surface area contributed by atoms with Crippen molar-refractivity contribution in [2.75, 3.05) is 23.7 Å². The Bertz CT molecular complexity index is 3420. The maximum atomic E-state index is 14.5. The molecule has 0 saturated heterocycles. The molecule has 2 amide bonds. The summed E-state index contributed by atoms with van der Waals surface area (Å²) in [5.41, 5.74) is 4.18. The Balaban J connectivity index is 0.000000190. The van der Waals surface area contributed by atoms with Gasteiger partial charge in [-0.3, -0.25) is 14.4 Å². The lowest BCUT2D eigenvalue weighted by molar-refractivity contribution is -0.132. The quantitative estimate of drug-likeness (QED) is 0.0546. The van der Waals surface area contributed by atoms with Gasteiger partial charge in [0.15, 0.2) is 34.6 Å². The van der Waals surface area contributed by atoms with E-state index in [4.69, 9.17) is 0 Å². The summed E-state index contributed by atoms with van der Waals surface area (Å²) in [6, 6.07) is 19.9. The molecule has 13 nitrogen and oxygen atoms in total. The second kappa shape index (κ2) is 21.8. The predicted molar refractivity (Wildman–Crippen MR) is 270 cm³/mol. The number of imidazole rings is 2. The van der Waals surface area contributed by atoms with Crippen molar-refractivity contribution in [3.05, 3.63) is 172 Å². The number of ketones is 1. The summed E-state index contributed by atoms with van der Waals surface area (Å²) in [7, 11) is 0. The van der Waals surface area contributed by atoms with Crippen molar-refractivity contribution in [2.45, 2.75) is 76.8 Å². The Kier molecular flexibility index (Phi) is 15.1. The van der Waals surface area contributed by atoms with Crippen molar-refractivity contribution in [2.24, 2.45) is 0 Å². The molecule has 0 radical (unpaired) electrons. The van der Waals surface area contributed by atoms with Crippen LogP contribution in [0, 0.1) is 37.1 Å². The first-order valence-corrected chi connectivity index (χ1v) is 24.4. The fraction of sp³-hybridized carbons (Fsp3) is 0.255. The molecule has 2 aliphatic carbocycles. The van der Waals surface area contributed by atoms with E-state index in [1.54, 1.807) is 50.2 Å². The second-order valence-electron chi connectivity index (χ2n) is 18.8. The average molecular weight is 1090 g/mol. The van der Waals surface area contributed by atoms with Gasteiger partial charge in [-0.15, -0.1) is 0 Å². The lowest BCUT2D eigenvalue weighted by Gasteiger charge is -2.14. The summed E-state index contributed by atoms with van der Waals surface area (Å²) in [6.07, 6.45) is -4.31. The minimum atomic E-state index is -4.43. The molecule has 10 rings (SSSR count). The zero-order valence-electron chi connectivity index (χ0n) is 41.4. The van der Waals surface area contributed by atoms with E-state index in [0.717, 1.165) is 49.9 Å². The van der Waals surface area contributed by atoms with Gasteiger partial charge in [0.05, 0.1) is 59.3 Å². The maximum Gasteiger partial charge on any atom is 0.390 e. The van der Waals surface area contributed by atoms with Crippen molar-refractivity contribution in [3.63, 3.8) is 0 Å². The summed E-state index contributed by atoms with van der Waals surface area (Å²) in [6.45, 7) is 6.47. The number of halogens is 10. The monoisotopic (exact) mass is 1080 g/mol. The van der Waals surface area contributed by atoms with Crippen LogP contribution in [0.3, 0.4) is 0 Å². The van der Waals surface area contributed by atoms with E-state index in [9.17, 15) is 58.3 Å². The Morgan fingerprint density at radius 3 is 1.44 bits per heavy atom. The molecule has 2 aliphatic rings. The molecule has 0 spiro atoms. The van der Waals surface area contributed by atoms with E-state index in [2.05, 4.69) is 48.0 Å². The Morgan fingerprint density at radius 2 is 1.00 bits per heavy atom. The van der Waals surface area contributed by atoms with E-state index >= 15 is 0 Å². The lowest BCUT2D eigenvalue weighted by atomic mass is 10.0. The number of anilines is 2. The molecule has 2 fully saturated rings. The Labute approximate surface area is 437 Å². The van der Waals surface area contributed by atoms with E-state index < -0.39 is 72.9 Å². The molecule has 4 aromatic heterocycles. The highest BCUT2D eigenvalue weighted by Crippen LogP contribution is 2.33. The van der Waals surface area contributed by atoms with E-state index in [1.165, 1.54) is 45.7 Å². The Morgan fingerprint density at radius 1 is 0.577 bits per heavy atom. The molecule has 78 heavy (non-hydrogen) atoms. The molecule has 23 heteroatoms. The number of carbonyl (C=O) groups excluding carboxylic acids is 3. The third kappa shape index (κ3) is 12.3. The van der Waals surface area contributed by atoms with Crippen LogP contribution in [0.2, 0.25) is 0 Å². The van der Waals surface area contributed by atoms with Crippen LogP contribution in [0.1, 0.15) is 97.7 Å². The molecule has 4 N–H and O–H groups in total. The van der Waals surface area contributed by atoms with Crippen LogP contribution in [-0.2, 0) is 0 Å². The van der Waals surface area contributed by atoms with Crippen LogP contribution in [0.15, 0.2) is 104 Å². The smallest absolute Gasteiger partial charge is 0.382 e. The van der Waals surface area contributed by atoms with Gasteiger partial charge >= 0.3 is 12.4 Å². The fourth-order valence-electron chi connectivity index (χ4n) is 8.36. The number of carbonyl (C=O) groups is 3. The zero-order valence-corrected chi connectivity index (χ0v) is 41.4. The van der Waals surface area contributed by atoms with Crippen LogP contribution in [0.4, 0.5) is 55.3 Å². The van der Waals surface area contributed by atoms with Crippen molar-refractivity contribution in [1.29, 1.82) is 0 Å². The maximum absolute atomic E-state index is 14.5. The number of benzene rings is 4. The van der Waals surface area contributed by atoms with Gasteiger partial charge in [-0.25, -0.2) is 36.6 Å². The van der Waals surface area contributed by atoms with E-state index in [-0.39, 0.29) is 69.1 Å². The number of nitrogens with zero attached hydrogens (tertiary/aromatic N) is 6. The average Bonchev–Trinajstić information content (AvgIpc) is 4.32. The highest BCUT2D eigenvalue weighted by Gasteiger charge is 2.30. The SMILES string of the molecule is C=C(c1cc(NCCC(F)(F)F)c2ncc(-c3ccc(C(=O)NC4CC4)c(C)c3)n2n1)c1cccc(F)c1F.Cc1cc(-c2cnc3c(NCCC(F)(F)F)cc(C(=O)c4cccc(F)c4F)nn23)ccc1C(=O)NC1CC1. The first-order valence-electron chi connectivity index (χ1n) is 24.4. The number of rotatable bonds is 16. The van der Waals surface area contributed by atoms with Crippen molar-refractivity contribution >= 4 is 45.8 Å². The summed E-state index contributed by atoms with van der Waals surface area (Å²) >= 11 is 0. The predicted octanol–water partition coefficient (Wildman–Crippen LogP) is 11.8. The van der Waals surface area contributed by atoms with Crippen LogP contribution in [-0.4, -0.2) is 84.3 Å². The topological polar surface area (TPSA) is 160 Å². The molecule has 0 bridgehead atoms. The van der Waals surface area contributed by atoms with Crippen LogP contribution < -0.4 is 21.3 Å². The molecule has 0 atom stereocenters. The van der Waals surface area contributed by atoms with Gasteiger partial charge in [-0.05, 0) is 105 Å². The third-order valence-corrected chi connectivity index (χ3v) is 12.8. The van der Waals surface area contributed by atoms with Gasteiger partial charge in [-0.2, -0.15) is 36.5 Å². The minimum absolute atomic E-state index is 0.0377. The van der Waals surface area contributed by atoms with Crippen molar-refractivity contribution in [3.8, 4) is 22.5 Å². The number of amides is 2. The second-order valence-corrected chi connectivity index (χ2v) is 18.8. The molecule has 4 aromatic carbocycles. The molecule has 0 unspecified atom stereocenters. The van der Waals surface area contributed by atoms with Gasteiger partial charge in [0.25, 0.3) is 11.8 Å². The van der Waals surface area contributed by atoms with Gasteiger partial charge in [0.1, 0.15) is 5.69 Å². The number of alkyl halides is 6. The summed E-state index contributed by atoms with van der Waals surface area (Å²) in [5, 5.41) is 20.1. The van der Waals surface area contributed by atoms with Crippen LogP contribution in [0.5, 0.6) is 0 Å². The van der Waals surface area contributed by atoms with Crippen LogP contribution >= 0.6 is 0 Å². The number of fused-ring (bicyclic) bond motifs is 2. The molecular formula is C55H46F10N10O3. The molecule has 8 aromatic rings. The summed E-state index contributed by atoms with van der Waals surface area (Å²) in [5.74, 6) is -6.09. The number of hydrogen-bond donors (Lipinski definition) is 4. The van der Waals surface area contributed by atoms with Gasteiger partial charge in [-0.1, -0.05) is 36.9 Å². The molecule has 404 valence electrons. The fourth-order valence-corrected chi connectivity index (χ4v) is 8.36. The molecule has 2 saturated carbocycles. The van der Waals surface area contributed by atoms with Crippen molar-refractivity contribution < 1.29 is 58.3 Å². The number of nitrogens with one attached hydrogen (secondary N) is 4. The number of aromatic nitrogens is 6. The highest BCUT2D eigenvalue weighted by molar-refractivity contribution is 6.08. The van der Waals surface area contributed by atoms with E-state index in [1.807, 2.05) is 0 Å². The van der Waals surface area contributed by atoms with Gasteiger partial charge in [0.2, 0.25) is 5.78 Å². The molecule has 0 aliphatic heterocycles. The first-order chi connectivity index (χ1) is 37.0. The zero-order chi connectivity index (χ0) is 55.8. The molecular weight excluding hydrogens is 1040 g/mol. The normalized spacial score (nSPS) is 13.5. The van der Waals surface area contributed by atoms with E-state index in [0.29, 0.717) is 44.8 Å². The lowest BCUT2D eigenvalue weighted by Crippen LogP contribution is -2.26. The summed E-state index contributed by atoms with van der Waals surface area (Å²) < 4.78 is 136. The van der Waals surface area contributed by atoms with Gasteiger partial charge in [0, 0.05) is 58.6 Å². The standard InChI is InChI=1S/C28H24F5N5O.C27H22F5N5O2/c1-15-12-17(6-9-19(15)27(39)36-18-7-8-18)24-14-35-26-23(34-11-10-28(31,32)33)13-22(37-38(24)26)16(2)20-4-3-5-21(29)25(20)30;1-14-11-15(5-8-17(14)26(39)35-16-6-7-16)22-13-34-25-21(33-10-9-27(30,31)32)12-20(36-37(22)25)24(38)18-3-2-4-19(28)23(18)29/h3-6,9,12-14,18,34H,2,7-8,10-11H2,1H3,(H,36,39);2-5,8,11-13,16,33H,6-7,9-10H2,1H3,(H,35,39). The third-order valence-electron chi connectivity index (χ3n) is 12.8. The molecule has 4 heterocycles.